The molecule has 0 radical (unpaired) electrons. The number of rotatable bonds is 11. The summed E-state index contributed by atoms with van der Waals surface area (Å²) in [7, 11) is -0.905. The molecule has 0 saturated heterocycles. The van der Waals surface area contributed by atoms with E-state index in [0.29, 0.717) is 0 Å². The molecule has 0 aliphatic heterocycles. The summed E-state index contributed by atoms with van der Waals surface area (Å²) in [5.74, 6) is -0.113. The van der Waals surface area contributed by atoms with Crippen molar-refractivity contribution in [3.05, 3.63) is 35.6 Å². The average Bonchev–Trinajstić information content (AvgIpc) is 2.51. The minimum absolute atomic E-state index is 0.113. The van der Waals surface area contributed by atoms with Gasteiger partial charge >= 0.3 is 0 Å². The number of benzene rings is 1. The molecule has 0 spiro atoms. The Morgan fingerprint density at radius 2 is 1.19 bits per heavy atom. The Bertz CT molecular complexity index is 350. The minimum Gasteiger partial charge on any atom is -0.207 e. The van der Waals surface area contributed by atoms with Crippen LogP contribution >= 0.6 is 7.26 Å². The summed E-state index contributed by atoms with van der Waals surface area (Å²) < 4.78 is 13.1. The third-order valence-corrected chi connectivity index (χ3v) is 9.22. The van der Waals surface area contributed by atoms with E-state index in [0.717, 1.165) is 0 Å². The summed E-state index contributed by atoms with van der Waals surface area (Å²) in [4.78, 5) is 0. The molecule has 0 aliphatic carbocycles. The highest BCUT2D eigenvalue weighted by Crippen LogP contribution is 2.63. The zero-order valence-corrected chi connectivity index (χ0v) is 15.1. The van der Waals surface area contributed by atoms with Gasteiger partial charge in [0.25, 0.3) is 0 Å². The zero-order valence-electron chi connectivity index (χ0n) is 14.2. The van der Waals surface area contributed by atoms with Gasteiger partial charge < -0.3 is 0 Å². The lowest BCUT2D eigenvalue weighted by Crippen LogP contribution is -2.11. The Kier molecular flexibility index (Phi) is 9.16. The van der Waals surface area contributed by atoms with Crippen molar-refractivity contribution in [2.24, 2.45) is 0 Å². The Morgan fingerprint density at radius 3 is 1.57 bits per heavy atom. The van der Waals surface area contributed by atoms with Crippen molar-refractivity contribution >= 4 is 7.26 Å². The van der Waals surface area contributed by atoms with Crippen LogP contribution in [0.2, 0.25) is 0 Å². The first kappa shape index (κ1) is 18.6. The molecule has 1 aromatic rings. The lowest BCUT2D eigenvalue weighted by atomic mass is 10.2. The van der Waals surface area contributed by atoms with E-state index in [2.05, 4.69) is 20.8 Å². The van der Waals surface area contributed by atoms with E-state index in [1.807, 2.05) is 12.1 Å². The molecular weight excluding hydrogens is 278 g/mol. The van der Waals surface area contributed by atoms with Crippen molar-refractivity contribution in [2.75, 3.05) is 18.5 Å². The number of halogens is 1. The van der Waals surface area contributed by atoms with Crippen molar-refractivity contribution in [1.82, 2.24) is 0 Å². The van der Waals surface area contributed by atoms with Gasteiger partial charge in [-0.25, -0.2) is 4.39 Å². The number of hydrogen-bond acceptors (Lipinski definition) is 0. The SMILES string of the molecule is CCCC[P+](CCCC)(CCCC)Cc1ccc(F)cc1. The van der Waals surface area contributed by atoms with Gasteiger partial charge in [0.1, 0.15) is 5.82 Å². The molecule has 21 heavy (non-hydrogen) atoms. The second-order valence-electron chi connectivity index (χ2n) is 6.36. The maximum atomic E-state index is 13.1. The summed E-state index contributed by atoms with van der Waals surface area (Å²) in [6.45, 7) is 6.89. The number of unbranched alkanes of at least 4 members (excludes halogenated alkanes) is 3. The van der Waals surface area contributed by atoms with Gasteiger partial charge in [0.15, 0.2) is 0 Å². The first-order valence-corrected chi connectivity index (χ1v) is 11.3. The van der Waals surface area contributed by atoms with Crippen LogP contribution in [-0.2, 0) is 6.16 Å². The molecule has 0 nitrogen and oxygen atoms in total. The molecule has 0 N–H and O–H groups in total. The maximum Gasteiger partial charge on any atom is 0.123 e. The van der Waals surface area contributed by atoms with E-state index >= 15 is 0 Å². The number of hydrogen-bond donors (Lipinski definition) is 0. The van der Waals surface area contributed by atoms with Crippen LogP contribution in [0.1, 0.15) is 64.9 Å². The van der Waals surface area contributed by atoms with Crippen LogP contribution in [0.3, 0.4) is 0 Å². The fourth-order valence-electron chi connectivity index (χ4n) is 3.03. The van der Waals surface area contributed by atoms with E-state index in [4.69, 9.17) is 0 Å². The molecule has 120 valence electrons. The van der Waals surface area contributed by atoms with E-state index < -0.39 is 7.26 Å². The van der Waals surface area contributed by atoms with Gasteiger partial charge in [-0.15, -0.1) is 0 Å². The third-order valence-electron chi connectivity index (χ3n) is 4.39. The molecule has 1 rings (SSSR count). The molecule has 0 bridgehead atoms. The van der Waals surface area contributed by atoms with Gasteiger partial charge in [-0.05, 0) is 37.0 Å². The van der Waals surface area contributed by atoms with Crippen LogP contribution in [0, 0.1) is 5.82 Å². The minimum atomic E-state index is -0.905. The zero-order chi connectivity index (χ0) is 15.6. The Morgan fingerprint density at radius 1 is 0.762 bits per heavy atom. The Labute approximate surface area is 131 Å². The van der Waals surface area contributed by atoms with E-state index in [1.165, 1.54) is 68.7 Å². The Balaban J connectivity index is 2.85. The second kappa shape index (κ2) is 10.3. The fraction of sp³-hybridized carbons (Fsp3) is 0.684. The normalized spacial score (nSPS) is 11.8. The van der Waals surface area contributed by atoms with Gasteiger partial charge in [-0.2, -0.15) is 0 Å². The molecule has 0 saturated carbocycles. The quantitative estimate of drug-likeness (QED) is 0.397. The molecule has 0 aliphatic rings. The van der Waals surface area contributed by atoms with Crippen molar-refractivity contribution in [2.45, 2.75) is 65.5 Å². The van der Waals surface area contributed by atoms with Crippen LogP contribution in [0.4, 0.5) is 4.39 Å². The van der Waals surface area contributed by atoms with Crippen LogP contribution in [0.25, 0.3) is 0 Å². The third kappa shape index (κ3) is 6.92. The summed E-state index contributed by atoms with van der Waals surface area (Å²) in [5, 5.41) is 0. The molecule has 1 aromatic carbocycles. The molecule has 0 aromatic heterocycles. The molecule has 0 fully saturated rings. The lowest BCUT2D eigenvalue weighted by molar-refractivity contribution is 0.627. The largest absolute Gasteiger partial charge is 0.207 e. The van der Waals surface area contributed by atoms with Gasteiger partial charge in [0, 0.05) is 7.26 Å². The highest BCUT2D eigenvalue weighted by atomic mass is 31.2. The van der Waals surface area contributed by atoms with Crippen LogP contribution in [0.15, 0.2) is 24.3 Å². The van der Waals surface area contributed by atoms with Crippen molar-refractivity contribution in [3.8, 4) is 0 Å². The van der Waals surface area contributed by atoms with E-state index in [9.17, 15) is 4.39 Å². The van der Waals surface area contributed by atoms with E-state index in [1.54, 1.807) is 12.1 Å². The van der Waals surface area contributed by atoms with E-state index in [-0.39, 0.29) is 5.82 Å². The van der Waals surface area contributed by atoms with Gasteiger partial charge in [0.2, 0.25) is 0 Å². The molecule has 0 amide bonds. The summed E-state index contributed by atoms with van der Waals surface area (Å²) in [6, 6.07) is 7.27. The van der Waals surface area contributed by atoms with Crippen LogP contribution in [0.5, 0.6) is 0 Å². The topological polar surface area (TPSA) is 0 Å². The monoisotopic (exact) mass is 311 g/mol. The highest BCUT2D eigenvalue weighted by molar-refractivity contribution is 7.75. The first-order valence-electron chi connectivity index (χ1n) is 8.75. The summed E-state index contributed by atoms with van der Waals surface area (Å²) in [5.41, 5.74) is 1.35. The second-order valence-corrected chi connectivity index (χ2v) is 10.7. The molecule has 0 atom stereocenters. The molecule has 0 heterocycles. The first-order chi connectivity index (χ1) is 10.2. The Hall–Kier alpha value is -0.420. The summed E-state index contributed by atoms with van der Waals surface area (Å²) >= 11 is 0. The highest BCUT2D eigenvalue weighted by Gasteiger charge is 2.35. The fourth-order valence-corrected chi connectivity index (χ4v) is 8.12. The predicted molar refractivity (Wildman–Crippen MR) is 96.3 cm³/mol. The van der Waals surface area contributed by atoms with Crippen LogP contribution < -0.4 is 0 Å². The molecule has 2 heteroatoms. The standard InChI is InChI=1S/C19H33FP/c1-4-7-14-21(15-8-5-2,16-9-6-3)17-18-10-12-19(20)13-11-18/h10-13H,4-9,14-17H2,1-3H3/q+1. The van der Waals surface area contributed by atoms with Gasteiger partial charge in [0.05, 0.1) is 24.6 Å². The predicted octanol–water partition coefficient (Wildman–Crippen LogP) is 6.74. The summed E-state index contributed by atoms with van der Waals surface area (Å²) in [6.07, 6.45) is 13.5. The molecular formula is C19H33FP+. The smallest absolute Gasteiger partial charge is 0.123 e. The van der Waals surface area contributed by atoms with Crippen molar-refractivity contribution in [3.63, 3.8) is 0 Å². The van der Waals surface area contributed by atoms with Crippen molar-refractivity contribution in [1.29, 1.82) is 0 Å². The maximum absolute atomic E-state index is 13.1. The lowest BCUT2D eigenvalue weighted by Gasteiger charge is -2.28. The van der Waals surface area contributed by atoms with Gasteiger partial charge in [-0.1, -0.05) is 52.2 Å². The van der Waals surface area contributed by atoms with Crippen molar-refractivity contribution < 1.29 is 4.39 Å². The average molecular weight is 311 g/mol. The van der Waals surface area contributed by atoms with Crippen LogP contribution in [-0.4, -0.2) is 18.5 Å². The van der Waals surface area contributed by atoms with Gasteiger partial charge in [-0.3, -0.25) is 0 Å². The molecule has 0 unspecified atom stereocenters.